The first-order chi connectivity index (χ1) is 7.85. The molecule has 0 aromatic carbocycles. The molecule has 0 saturated carbocycles. The summed E-state index contributed by atoms with van der Waals surface area (Å²) in [5.74, 6) is 2.47. The van der Waals surface area contributed by atoms with E-state index in [2.05, 4.69) is 11.4 Å². The minimum Gasteiger partial charge on any atom is -0.380 e. The van der Waals surface area contributed by atoms with Gasteiger partial charge in [-0.1, -0.05) is 0 Å². The van der Waals surface area contributed by atoms with Crippen LogP contribution in [-0.4, -0.2) is 26.0 Å². The van der Waals surface area contributed by atoms with Gasteiger partial charge in [0.1, 0.15) is 0 Å². The van der Waals surface area contributed by atoms with Crippen molar-refractivity contribution in [2.75, 3.05) is 26.0 Å². The van der Waals surface area contributed by atoms with Crippen LogP contribution in [0.2, 0.25) is 0 Å². The maximum absolute atomic E-state index is 5.51. The molecule has 1 aromatic rings. The second-order valence-corrected chi connectivity index (χ2v) is 6.17. The topological polar surface area (TPSA) is 21.3 Å². The Balaban J connectivity index is 2.09. The van der Waals surface area contributed by atoms with Crippen LogP contribution in [0.4, 0.5) is 0 Å². The monoisotopic (exact) mass is 257 g/mol. The summed E-state index contributed by atoms with van der Waals surface area (Å²) in [5.41, 5.74) is 1.55. The fourth-order valence-electron chi connectivity index (χ4n) is 1.89. The van der Waals surface area contributed by atoms with Crippen LogP contribution in [0.1, 0.15) is 28.3 Å². The third-order valence-corrected chi connectivity index (χ3v) is 5.19. The predicted octanol–water partition coefficient (Wildman–Crippen LogP) is 2.83. The molecule has 1 aromatic heterocycles. The van der Waals surface area contributed by atoms with E-state index in [1.165, 1.54) is 22.8 Å². The van der Waals surface area contributed by atoms with Gasteiger partial charge in [0.05, 0.1) is 12.6 Å². The number of aryl methyl sites for hydroxylation is 1. The van der Waals surface area contributed by atoms with Crippen molar-refractivity contribution in [3.63, 3.8) is 0 Å². The third kappa shape index (κ3) is 2.80. The van der Waals surface area contributed by atoms with E-state index in [9.17, 15) is 0 Å². The normalized spacial score (nSPS) is 17.1. The summed E-state index contributed by atoms with van der Waals surface area (Å²) in [6, 6.07) is 2.73. The van der Waals surface area contributed by atoms with E-state index >= 15 is 0 Å². The predicted molar refractivity (Wildman–Crippen MR) is 72.5 cm³/mol. The number of ether oxygens (including phenoxy) is 1. The number of thioether (sulfide) groups is 1. The summed E-state index contributed by atoms with van der Waals surface area (Å²) in [6.07, 6.45) is 1.25. The Morgan fingerprint density at radius 3 is 3.12 bits per heavy atom. The quantitative estimate of drug-likeness (QED) is 0.876. The lowest BCUT2D eigenvalue weighted by Gasteiger charge is -2.13. The van der Waals surface area contributed by atoms with Crippen LogP contribution in [0.3, 0.4) is 0 Å². The number of thiophene rings is 1. The highest BCUT2D eigenvalue weighted by Gasteiger charge is 2.18. The zero-order valence-electron chi connectivity index (χ0n) is 9.91. The van der Waals surface area contributed by atoms with Gasteiger partial charge in [0, 0.05) is 22.1 Å². The summed E-state index contributed by atoms with van der Waals surface area (Å²) in [7, 11) is 2.01. The molecule has 0 aliphatic carbocycles. The highest BCUT2D eigenvalue weighted by atomic mass is 32.2. The van der Waals surface area contributed by atoms with Crippen LogP contribution >= 0.6 is 23.1 Å². The maximum Gasteiger partial charge on any atom is 0.0669 e. The van der Waals surface area contributed by atoms with Crippen LogP contribution in [-0.2, 0) is 16.9 Å². The van der Waals surface area contributed by atoms with Crippen LogP contribution in [0.25, 0.3) is 0 Å². The number of hydrogen-bond donors (Lipinski definition) is 1. The average Bonchev–Trinajstić information content (AvgIpc) is 2.73. The van der Waals surface area contributed by atoms with Crippen molar-refractivity contribution in [2.45, 2.75) is 25.1 Å². The molecule has 1 aliphatic heterocycles. The molecular formula is C12H19NOS2. The number of rotatable bonds is 5. The lowest BCUT2D eigenvalue weighted by molar-refractivity contribution is 0.126. The fourth-order valence-corrected chi connectivity index (χ4v) is 4.36. The maximum atomic E-state index is 5.51. The van der Waals surface area contributed by atoms with E-state index in [1.54, 1.807) is 10.4 Å². The molecule has 0 fully saturated rings. The first-order valence-corrected chi connectivity index (χ1v) is 7.76. The van der Waals surface area contributed by atoms with Crippen molar-refractivity contribution < 1.29 is 4.74 Å². The lowest BCUT2D eigenvalue weighted by Crippen LogP contribution is -2.20. The van der Waals surface area contributed by atoms with Gasteiger partial charge >= 0.3 is 0 Å². The molecule has 90 valence electrons. The molecule has 0 spiro atoms. The van der Waals surface area contributed by atoms with Crippen LogP contribution < -0.4 is 5.32 Å². The van der Waals surface area contributed by atoms with Crippen molar-refractivity contribution in [3.8, 4) is 0 Å². The first kappa shape index (κ1) is 12.4. The van der Waals surface area contributed by atoms with Crippen molar-refractivity contribution in [1.29, 1.82) is 0 Å². The molecule has 4 heteroatoms. The lowest BCUT2D eigenvalue weighted by atomic mass is 10.2. The zero-order chi connectivity index (χ0) is 11.4. The summed E-state index contributed by atoms with van der Waals surface area (Å²) < 4.78 is 5.51. The van der Waals surface area contributed by atoms with Gasteiger partial charge in [0.25, 0.3) is 0 Å². The summed E-state index contributed by atoms with van der Waals surface area (Å²) in [5, 5.41) is 3.34. The van der Waals surface area contributed by atoms with Crippen LogP contribution in [0, 0.1) is 0 Å². The van der Waals surface area contributed by atoms with Crippen molar-refractivity contribution in [2.24, 2.45) is 0 Å². The van der Waals surface area contributed by atoms with Gasteiger partial charge in [-0.05, 0) is 37.8 Å². The molecule has 0 amide bonds. The molecule has 2 nitrogen and oxygen atoms in total. The van der Waals surface area contributed by atoms with Crippen molar-refractivity contribution in [3.05, 3.63) is 21.4 Å². The molecule has 2 heterocycles. The Labute approximate surface area is 106 Å². The smallest absolute Gasteiger partial charge is 0.0669 e. The van der Waals surface area contributed by atoms with E-state index in [4.69, 9.17) is 4.74 Å². The Kier molecular flexibility index (Phi) is 4.70. The minimum atomic E-state index is 0.362. The van der Waals surface area contributed by atoms with Gasteiger partial charge in [0.2, 0.25) is 0 Å². The van der Waals surface area contributed by atoms with Crippen LogP contribution in [0.15, 0.2) is 6.07 Å². The summed E-state index contributed by atoms with van der Waals surface area (Å²) in [4.78, 5) is 3.02. The molecule has 1 N–H and O–H groups in total. The highest BCUT2D eigenvalue weighted by molar-refractivity contribution is 7.98. The number of likely N-dealkylation sites (N-methyl/N-ethyl adjacent to an activating group) is 1. The fraction of sp³-hybridized carbons (Fsp3) is 0.667. The number of hydrogen-bond acceptors (Lipinski definition) is 4. The third-order valence-electron chi connectivity index (χ3n) is 2.83. The van der Waals surface area contributed by atoms with Crippen LogP contribution in [0.5, 0.6) is 0 Å². The molecule has 2 rings (SSSR count). The van der Waals surface area contributed by atoms with E-state index in [-0.39, 0.29) is 0 Å². The van der Waals surface area contributed by atoms with Gasteiger partial charge in [-0.25, -0.2) is 0 Å². The average molecular weight is 257 g/mol. The molecule has 0 radical (unpaired) electrons. The van der Waals surface area contributed by atoms with Gasteiger partial charge in [0.15, 0.2) is 0 Å². The van der Waals surface area contributed by atoms with Gasteiger partial charge in [-0.3, -0.25) is 0 Å². The molecule has 0 saturated heterocycles. The molecule has 0 bridgehead atoms. The second kappa shape index (κ2) is 6.05. The van der Waals surface area contributed by atoms with E-state index in [0.717, 1.165) is 13.2 Å². The summed E-state index contributed by atoms with van der Waals surface area (Å²) in [6.45, 7) is 3.61. The molecular weight excluding hydrogens is 238 g/mol. The Morgan fingerprint density at radius 2 is 2.44 bits per heavy atom. The second-order valence-electron chi connectivity index (χ2n) is 3.90. The van der Waals surface area contributed by atoms with Crippen molar-refractivity contribution in [1.82, 2.24) is 5.32 Å². The molecule has 1 atom stereocenters. The van der Waals surface area contributed by atoms with Gasteiger partial charge < -0.3 is 10.1 Å². The van der Waals surface area contributed by atoms with Crippen molar-refractivity contribution >= 4 is 23.1 Å². The van der Waals surface area contributed by atoms with E-state index < -0.39 is 0 Å². The van der Waals surface area contributed by atoms with E-state index in [0.29, 0.717) is 6.04 Å². The highest BCUT2D eigenvalue weighted by Crippen LogP contribution is 2.34. The van der Waals surface area contributed by atoms with E-state index in [1.807, 2.05) is 37.1 Å². The minimum absolute atomic E-state index is 0.362. The largest absolute Gasteiger partial charge is 0.380 e. The zero-order valence-corrected chi connectivity index (χ0v) is 11.5. The molecule has 1 aliphatic rings. The van der Waals surface area contributed by atoms with Gasteiger partial charge in [-0.2, -0.15) is 11.8 Å². The molecule has 16 heavy (non-hydrogen) atoms. The number of nitrogens with one attached hydrogen (secondary N) is 1. The molecule has 1 unspecified atom stereocenters. The van der Waals surface area contributed by atoms with Gasteiger partial charge in [-0.15, -0.1) is 11.3 Å². The Morgan fingerprint density at radius 1 is 1.56 bits per heavy atom. The Bertz CT molecular complexity index is 314. The first-order valence-electron chi connectivity index (χ1n) is 5.79. The summed E-state index contributed by atoms with van der Waals surface area (Å²) >= 11 is 4.01. The standard InChI is InChI=1S/C12H19NOS2/c1-3-14-7-10(13-2)12-6-9-8-15-5-4-11(9)16-12/h6,10,13H,3-5,7-8H2,1-2H3. The SMILES string of the molecule is CCOCC(NC)c1cc2c(s1)CCSC2. The number of fused-ring (bicyclic) bond motifs is 1. The Hall–Kier alpha value is -0.0300.